The Morgan fingerprint density at radius 3 is 2.72 bits per heavy atom. The molecule has 1 heterocycles. The Kier molecular flexibility index (Phi) is 3.53. The molecular weight excluding hydrogens is 248 g/mol. The number of carbonyl (C=O) groups excluding carboxylic acids is 1. The summed E-state index contributed by atoms with van der Waals surface area (Å²) in [5.74, 6) is 0.426. The first-order chi connectivity index (χ1) is 8.60. The predicted molar refractivity (Wildman–Crippen MR) is 74.4 cm³/mol. The number of aryl methyl sites for hydroxylation is 1. The number of nitrogens with two attached hydrogens (primary N) is 1. The zero-order chi connectivity index (χ0) is 13.1. The lowest BCUT2D eigenvalue weighted by Crippen LogP contribution is -2.10. The van der Waals surface area contributed by atoms with E-state index in [2.05, 4.69) is 5.32 Å². The molecule has 4 nitrogen and oxygen atoms in total. The first kappa shape index (κ1) is 12.4. The summed E-state index contributed by atoms with van der Waals surface area (Å²) in [7, 11) is 1.54. The second-order valence-electron chi connectivity index (χ2n) is 3.82. The summed E-state index contributed by atoms with van der Waals surface area (Å²) in [5.41, 5.74) is 6.92. The molecule has 1 amide bonds. The zero-order valence-corrected chi connectivity index (χ0v) is 11.0. The van der Waals surface area contributed by atoms with Crippen molar-refractivity contribution in [3.63, 3.8) is 0 Å². The first-order valence-electron chi connectivity index (χ1n) is 5.41. The average molecular weight is 262 g/mol. The van der Waals surface area contributed by atoms with E-state index in [-0.39, 0.29) is 5.91 Å². The number of nitrogens with one attached hydrogen (secondary N) is 1. The van der Waals surface area contributed by atoms with Crippen LogP contribution in [-0.4, -0.2) is 13.0 Å². The third-order valence-corrected chi connectivity index (χ3v) is 3.45. The van der Waals surface area contributed by atoms with Gasteiger partial charge in [0.15, 0.2) is 0 Å². The van der Waals surface area contributed by atoms with Gasteiger partial charge in [0.05, 0.1) is 17.7 Å². The van der Waals surface area contributed by atoms with Crippen molar-refractivity contribution < 1.29 is 9.53 Å². The number of hydrogen-bond donors (Lipinski definition) is 2. The number of hydrogen-bond acceptors (Lipinski definition) is 4. The monoisotopic (exact) mass is 262 g/mol. The second-order valence-corrected chi connectivity index (χ2v) is 5.11. The molecule has 5 heteroatoms. The smallest absolute Gasteiger partial charge is 0.265 e. The summed E-state index contributed by atoms with van der Waals surface area (Å²) in [6, 6.07) is 8.88. The Hall–Kier alpha value is -2.01. The molecule has 0 bridgehead atoms. The fourth-order valence-corrected chi connectivity index (χ4v) is 2.30. The summed E-state index contributed by atoms with van der Waals surface area (Å²) in [4.78, 5) is 13.7. The number of carbonyl (C=O) groups is 1. The van der Waals surface area contributed by atoms with Gasteiger partial charge >= 0.3 is 0 Å². The van der Waals surface area contributed by atoms with Crippen LogP contribution in [0, 0.1) is 6.92 Å². The number of benzene rings is 1. The molecular formula is C13H14N2O2S. The van der Waals surface area contributed by atoms with Crippen molar-refractivity contribution in [2.45, 2.75) is 6.92 Å². The number of rotatable bonds is 3. The minimum absolute atomic E-state index is 0.125. The molecule has 2 aromatic rings. The summed E-state index contributed by atoms with van der Waals surface area (Å²) < 4.78 is 5.10. The Bertz CT molecular complexity index is 578. The Morgan fingerprint density at radius 2 is 2.11 bits per heavy atom. The standard InChI is InChI=1S/C13H14N2O2S/c1-8-3-6-12(18-8)13(16)15-9-4-5-10(14)11(7-9)17-2/h3-7H,14H2,1-2H3,(H,15,16). The highest BCUT2D eigenvalue weighted by Gasteiger charge is 2.09. The zero-order valence-electron chi connectivity index (χ0n) is 10.2. The molecule has 1 aromatic carbocycles. The molecule has 2 rings (SSSR count). The number of ether oxygens (including phenoxy) is 1. The third-order valence-electron chi connectivity index (χ3n) is 2.46. The van der Waals surface area contributed by atoms with E-state index in [4.69, 9.17) is 10.5 Å². The molecule has 0 radical (unpaired) electrons. The van der Waals surface area contributed by atoms with E-state index >= 15 is 0 Å². The predicted octanol–water partition coefficient (Wildman–Crippen LogP) is 2.90. The highest BCUT2D eigenvalue weighted by molar-refractivity contribution is 7.14. The molecule has 0 spiro atoms. The van der Waals surface area contributed by atoms with Crippen LogP contribution in [0.25, 0.3) is 0 Å². The minimum Gasteiger partial charge on any atom is -0.495 e. The highest BCUT2D eigenvalue weighted by atomic mass is 32.1. The Labute approximate surface area is 109 Å². The summed E-state index contributed by atoms with van der Waals surface area (Å²) in [6.45, 7) is 1.97. The maximum absolute atomic E-state index is 11.9. The number of anilines is 2. The lowest BCUT2D eigenvalue weighted by molar-refractivity contribution is 0.103. The molecule has 94 valence electrons. The van der Waals surface area contributed by atoms with Crippen LogP contribution < -0.4 is 15.8 Å². The van der Waals surface area contributed by atoms with Gasteiger partial charge in [0.1, 0.15) is 5.75 Å². The van der Waals surface area contributed by atoms with Crippen LogP contribution in [-0.2, 0) is 0 Å². The van der Waals surface area contributed by atoms with Crippen molar-refractivity contribution in [1.82, 2.24) is 0 Å². The maximum atomic E-state index is 11.9. The molecule has 0 unspecified atom stereocenters. The van der Waals surface area contributed by atoms with Gasteiger partial charge < -0.3 is 15.8 Å². The third kappa shape index (κ3) is 2.62. The molecule has 0 saturated carbocycles. The van der Waals surface area contributed by atoms with E-state index in [1.165, 1.54) is 11.3 Å². The van der Waals surface area contributed by atoms with E-state index in [1.54, 1.807) is 25.3 Å². The van der Waals surface area contributed by atoms with Crippen LogP contribution >= 0.6 is 11.3 Å². The summed E-state index contributed by atoms with van der Waals surface area (Å²) >= 11 is 1.46. The van der Waals surface area contributed by atoms with Gasteiger partial charge in [-0.05, 0) is 31.2 Å². The van der Waals surface area contributed by atoms with Crippen LogP contribution in [0.4, 0.5) is 11.4 Å². The second kappa shape index (κ2) is 5.10. The van der Waals surface area contributed by atoms with Crippen LogP contribution in [0.5, 0.6) is 5.75 Å². The summed E-state index contributed by atoms with van der Waals surface area (Å²) in [5, 5.41) is 2.81. The van der Waals surface area contributed by atoms with Gasteiger partial charge in [0.25, 0.3) is 5.91 Å². The molecule has 0 atom stereocenters. The lowest BCUT2D eigenvalue weighted by atomic mass is 10.2. The minimum atomic E-state index is -0.125. The normalized spacial score (nSPS) is 10.1. The van der Waals surface area contributed by atoms with Crippen molar-refractivity contribution in [2.24, 2.45) is 0 Å². The van der Waals surface area contributed by atoms with Gasteiger partial charge in [0.2, 0.25) is 0 Å². The van der Waals surface area contributed by atoms with Gasteiger partial charge in [-0.1, -0.05) is 0 Å². The number of methoxy groups -OCH3 is 1. The molecule has 0 saturated heterocycles. The van der Waals surface area contributed by atoms with E-state index in [0.29, 0.717) is 22.0 Å². The van der Waals surface area contributed by atoms with Gasteiger partial charge in [-0.15, -0.1) is 11.3 Å². The summed E-state index contributed by atoms with van der Waals surface area (Å²) in [6.07, 6.45) is 0. The molecule has 3 N–H and O–H groups in total. The van der Waals surface area contributed by atoms with Crippen molar-refractivity contribution in [2.75, 3.05) is 18.2 Å². The van der Waals surface area contributed by atoms with Gasteiger partial charge in [-0.2, -0.15) is 0 Å². The van der Waals surface area contributed by atoms with E-state index < -0.39 is 0 Å². The topological polar surface area (TPSA) is 64.3 Å². The van der Waals surface area contributed by atoms with E-state index in [1.807, 2.05) is 19.1 Å². The van der Waals surface area contributed by atoms with Crippen LogP contribution in [0.15, 0.2) is 30.3 Å². The molecule has 0 aliphatic heterocycles. The number of thiophene rings is 1. The van der Waals surface area contributed by atoms with Crippen molar-refractivity contribution in [3.8, 4) is 5.75 Å². The largest absolute Gasteiger partial charge is 0.495 e. The molecule has 0 fully saturated rings. The van der Waals surface area contributed by atoms with Gasteiger partial charge in [0, 0.05) is 16.6 Å². The van der Waals surface area contributed by atoms with Crippen molar-refractivity contribution in [3.05, 3.63) is 40.1 Å². The van der Waals surface area contributed by atoms with Crippen LogP contribution in [0.3, 0.4) is 0 Å². The molecule has 0 aliphatic carbocycles. The fourth-order valence-electron chi connectivity index (χ4n) is 1.54. The first-order valence-corrected chi connectivity index (χ1v) is 6.23. The van der Waals surface area contributed by atoms with Crippen molar-refractivity contribution >= 4 is 28.6 Å². The van der Waals surface area contributed by atoms with Gasteiger partial charge in [-0.3, -0.25) is 4.79 Å². The van der Waals surface area contributed by atoms with E-state index in [9.17, 15) is 4.79 Å². The highest BCUT2D eigenvalue weighted by Crippen LogP contribution is 2.25. The molecule has 0 aliphatic rings. The van der Waals surface area contributed by atoms with Gasteiger partial charge in [-0.25, -0.2) is 0 Å². The SMILES string of the molecule is COc1cc(NC(=O)c2ccc(C)s2)ccc1N. The Morgan fingerprint density at radius 1 is 1.33 bits per heavy atom. The van der Waals surface area contributed by atoms with E-state index in [0.717, 1.165) is 4.88 Å². The van der Waals surface area contributed by atoms with Crippen molar-refractivity contribution in [1.29, 1.82) is 0 Å². The molecule has 1 aromatic heterocycles. The average Bonchev–Trinajstić information content (AvgIpc) is 2.78. The van der Waals surface area contributed by atoms with Crippen LogP contribution in [0.1, 0.15) is 14.5 Å². The fraction of sp³-hybridized carbons (Fsp3) is 0.154. The van der Waals surface area contributed by atoms with Crippen LogP contribution in [0.2, 0.25) is 0 Å². The lowest BCUT2D eigenvalue weighted by Gasteiger charge is -2.08. The quantitative estimate of drug-likeness (QED) is 0.836. The number of amides is 1. The Balaban J connectivity index is 2.16. The number of nitrogen functional groups attached to an aromatic ring is 1. The maximum Gasteiger partial charge on any atom is 0.265 e. The molecule has 18 heavy (non-hydrogen) atoms.